The van der Waals surface area contributed by atoms with Crippen molar-refractivity contribution in [2.24, 2.45) is 0 Å². The van der Waals surface area contributed by atoms with Crippen molar-refractivity contribution in [3.8, 4) is 0 Å². The summed E-state index contributed by atoms with van der Waals surface area (Å²) >= 11 is 1.76. The van der Waals surface area contributed by atoms with Gasteiger partial charge in [-0.1, -0.05) is 18.2 Å². The van der Waals surface area contributed by atoms with Crippen molar-refractivity contribution < 1.29 is 4.39 Å². The van der Waals surface area contributed by atoms with Crippen molar-refractivity contribution in [2.45, 2.75) is 39.3 Å². The molecule has 0 saturated carbocycles. The molecule has 2 heterocycles. The maximum Gasteiger partial charge on any atom is 0.185 e. The minimum absolute atomic E-state index is 0.148. The van der Waals surface area contributed by atoms with E-state index in [4.69, 9.17) is 4.98 Å². The van der Waals surface area contributed by atoms with E-state index in [2.05, 4.69) is 17.1 Å². The summed E-state index contributed by atoms with van der Waals surface area (Å²) in [6.45, 7) is 5.59. The molecule has 0 bridgehead atoms. The van der Waals surface area contributed by atoms with Gasteiger partial charge in [-0.2, -0.15) is 0 Å². The maximum absolute atomic E-state index is 13.6. The minimum atomic E-state index is -0.148. The number of halogens is 1. The molecule has 3 rings (SSSR count). The topological polar surface area (TPSA) is 28.2 Å². The van der Waals surface area contributed by atoms with Gasteiger partial charge < -0.3 is 10.2 Å². The van der Waals surface area contributed by atoms with Crippen LogP contribution in [0.15, 0.2) is 24.3 Å². The van der Waals surface area contributed by atoms with Gasteiger partial charge in [0.05, 0.1) is 5.69 Å². The molecule has 0 amide bonds. The summed E-state index contributed by atoms with van der Waals surface area (Å²) in [5.41, 5.74) is 1.80. The summed E-state index contributed by atoms with van der Waals surface area (Å²) in [5, 5.41) is 4.47. The number of nitrogens with one attached hydrogen (secondary N) is 1. The molecule has 1 aromatic heterocycles. The lowest BCUT2D eigenvalue weighted by Gasteiger charge is -2.25. The molecule has 0 unspecified atom stereocenters. The zero-order chi connectivity index (χ0) is 15.4. The molecule has 1 aliphatic rings. The largest absolute Gasteiger partial charge is 0.348 e. The molecule has 3 nitrogen and oxygen atoms in total. The third-order valence-electron chi connectivity index (χ3n) is 4.07. The molecular formula is C17H22FN3S. The van der Waals surface area contributed by atoms with Crippen LogP contribution in [0.4, 0.5) is 9.52 Å². The summed E-state index contributed by atoms with van der Waals surface area (Å²) < 4.78 is 13.6. The summed E-state index contributed by atoms with van der Waals surface area (Å²) in [6, 6.07) is 6.91. The normalized spacial score (nSPS) is 15.3. The Morgan fingerprint density at radius 2 is 1.95 bits per heavy atom. The molecule has 0 radical (unpaired) electrons. The molecule has 0 spiro atoms. The van der Waals surface area contributed by atoms with Crippen LogP contribution in [0.5, 0.6) is 0 Å². The predicted molar refractivity (Wildman–Crippen MR) is 89.9 cm³/mol. The van der Waals surface area contributed by atoms with Gasteiger partial charge in [-0.25, -0.2) is 9.37 Å². The van der Waals surface area contributed by atoms with E-state index in [9.17, 15) is 4.39 Å². The first-order chi connectivity index (χ1) is 10.7. The Balaban J connectivity index is 1.58. The molecular weight excluding hydrogens is 297 g/mol. The van der Waals surface area contributed by atoms with E-state index in [-0.39, 0.29) is 5.82 Å². The Labute approximate surface area is 135 Å². The van der Waals surface area contributed by atoms with Gasteiger partial charge >= 0.3 is 0 Å². The number of aryl methyl sites for hydroxylation is 1. The van der Waals surface area contributed by atoms with Gasteiger partial charge in [0.25, 0.3) is 0 Å². The van der Waals surface area contributed by atoms with E-state index in [0.717, 1.165) is 30.5 Å². The highest BCUT2D eigenvalue weighted by molar-refractivity contribution is 7.15. The van der Waals surface area contributed by atoms with Crippen LogP contribution in [0.1, 0.15) is 35.4 Å². The fourth-order valence-electron chi connectivity index (χ4n) is 2.75. The third kappa shape index (κ3) is 3.65. The first-order valence-corrected chi connectivity index (χ1v) is 8.71. The second-order valence-corrected chi connectivity index (χ2v) is 6.81. The first kappa shape index (κ1) is 15.4. The fraction of sp³-hybridized carbons (Fsp3) is 0.471. The Morgan fingerprint density at radius 1 is 1.18 bits per heavy atom. The number of hydrogen-bond acceptors (Lipinski definition) is 4. The van der Waals surface area contributed by atoms with Crippen LogP contribution in [0.3, 0.4) is 0 Å². The molecule has 1 saturated heterocycles. The Bertz CT molecular complexity index is 620. The standard InChI is InChI=1S/C17H22FN3S/c1-13-16(12-19-11-14-7-3-4-8-15(14)18)22-17(20-13)21-9-5-2-6-10-21/h3-4,7-8,19H,2,5-6,9-12H2,1H3. The molecule has 22 heavy (non-hydrogen) atoms. The van der Waals surface area contributed by atoms with E-state index in [1.165, 1.54) is 30.2 Å². The van der Waals surface area contributed by atoms with Gasteiger partial charge in [0.15, 0.2) is 5.13 Å². The number of hydrogen-bond donors (Lipinski definition) is 1. The second-order valence-electron chi connectivity index (χ2n) is 5.75. The van der Waals surface area contributed by atoms with Gasteiger partial charge in [-0.05, 0) is 32.3 Å². The molecule has 5 heteroatoms. The van der Waals surface area contributed by atoms with Crippen LogP contribution < -0.4 is 10.2 Å². The molecule has 1 aromatic carbocycles. The number of piperidine rings is 1. The lowest BCUT2D eigenvalue weighted by atomic mass is 10.1. The van der Waals surface area contributed by atoms with Gasteiger partial charge in [0.2, 0.25) is 0 Å². The summed E-state index contributed by atoms with van der Waals surface area (Å²) in [7, 11) is 0. The molecule has 2 aromatic rings. The van der Waals surface area contributed by atoms with Gasteiger partial charge in [0, 0.05) is 36.6 Å². The lowest BCUT2D eigenvalue weighted by molar-refractivity contribution is 0.576. The van der Waals surface area contributed by atoms with E-state index in [0.29, 0.717) is 12.1 Å². The molecule has 1 aliphatic heterocycles. The third-order valence-corrected chi connectivity index (χ3v) is 5.29. The molecule has 1 N–H and O–H groups in total. The monoisotopic (exact) mass is 319 g/mol. The van der Waals surface area contributed by atoms with Crippen molar-refractivity contribution >= 4 is 16.5 Å². The van der Waals surface area contributed by atoms with Gasteiger partial charge in [-0.15, -0.1) is 11.3 Å². The summed E-state index contributed by atoms with van der Waals surface area (Å²) in [4.78, 5) is 8.35. The molecule has 1 fully saturated rings. The average Bonchev–Trinajstić information content (AvgIpc) is 2.91. The van der Waals surface area contributed by atoms with E-state index < -0.39 is 0 Å². The highest BCUT2D eigenvalue weighted by Crippen LogP contribution is 2.28. The average molecular weight is 319 g/mol. The van der Waals surface area contributed by atoms with Crippen molar-refractivity contribution in [1.29, 1.82) is 0 Å². The fourth-order valence-corrected chi connectivity index (χ4v) is 3.83. The quantitative estimate of drug-likeness (QED) is 0.907. The summed E-state index contributed by atoms with van der Waals surface area (Å²) in [5.74, 6) is -0.148. The van der Waals surface area contributed by atoms with Crippen LogP contribution in [-0.2, 0) is 13.1 Å². The number of aromatic nitrogens is 1. The van der Waals surface area contributed by atoms with Crippen LogP contribution >= 0.6 is 11.3 Å². The van der Waals surface area contributed by atoms with Crippen LogP contribution in [0.2, 0.25) is 0 Å². The second kappa shape index (κ2) is 7.20. The van der Waals surface area contributed by atoms with E-state index in [1.54, 1.807) is 17.4 Å². The summed E-state index contributed by atoms with van der Waals surface area (Å²) in [6.07, 6.45) is 3.86. The number of rotatable bonds is 5. The predicted octanol–water partition coefficient (Wildman–Crippen LogP) is 3.87. The van der Waals surface area contributed by atoms with Gasteiger partial charge in [-0.3, -0.25) is 0 Å². The van der Waals surface area contributed by atoms with Crippen molar-refractivity contribution in [3.05, 3.63) is 46.2 Å². The minimum Gasteiger partial charge on any atom is -0.348 e. The zero-order valence-corrected chi connectivity index (χ0v) is 13.8. The maximum atomic E-state index is 13.6. The van der Waals surface area contributed by atoms with Crippen LogP contribution in [-0.4, -0.2) is 18.1 Å². The Kier molecular flexibility index (Phi) is 5.05. The van der Waals surface area contributed by atoms with Crippen molar-refractivity contribution in [1.82, 2.24) is 10.3 Å². The zero-order valence-electron chi connectivity index (χ0n) is 12.9. The number of nitrogens with zero attached hydrogens (tertiary/aromatic N) is 2. The Morgan fingerprint density at radius 3 is 2.73 bits per heavy atom. The lowest BCUT2D eigenvalue weighted by Crippen LogP contribution is -2.29. The van der Waals surface area contributed by atoms with Crippen molar-refractivity contribution in [3.63, 3.8) is 0 Å². The molecule has 0 aliphatic carbocycles. The molecule has 118 valence electrons. The van der Waals surface area contributed by atoms with E-state index >= 15 is 0 Å². The smallest absolute Gasteiger partial charge is 0.185 e. The Hall–Kier alpha value is -1.46. The number of benzene rings is 1. The van der Waals surface area contributed by atoms with Gasteiger partial charge in [0.1, 0.15) is 5.82 Å². The first-order valence-electron chi connectivity index (χ1n) is 7.89. The van der Waals surface area contributed by atoms with E-state index in [1.807, 2.05) is 12.1 Å². The van der Waals surface area contributed by atoms with Crippen molar-refractivity contribution in [2.75, 3.05) is 18.0 Å². The SMILES string of the molecule is Cc1nc(N2CCCCC2)sc1CNCc1ccccc1F. The highest BCUT2D eigenvalue weighted by Gasteiger charge is 2.16. The van der Waals surface area contributed by atoms with Crippen LogP contribution in [0, 0.1) is 12.7 Å². The molecule has 0 atom stereocenters. The number of thiazole rings is 1. The highest BCUT2D eigenvalue weighted by atomic mass is 32.1. The van der Waals surface area contributed by atoms with Crippen LogP contribution in [0.25, 0.3) is 0 Å². The number of anilines is 1.